The summed E-state index contributed by atoms with van der Waals surface area (Å²) in [6, 6.07) is 0. The van der Waals surface area contributed by atoms with Gasteiger partial charge in [-0.3, -0.25) is 4.79 Å². The maximum absolute atomic E-state index is 12.4. The van der Waals surface area contributed by atoms with Gasteiger partial charge in [-0.25, -0.2) is 0 Å². The standard InChI is InChI=1S/C42H64IN2O4S/c1-25(2)28-10-16-42(45-21-20-44-24-27-13-19-43-50(27,48)49)18-17-40(6)32(36(28)42)8-9-34-39(5)14-11-31(26-22-29-30(23-26)35(29)37(46)47)38(3,4)33(39)12-15-41(34,40)7/h11,22,27-30,32-36,44-45H,1,8-10,12-21,23-24H2,2-7H3,(H,46,47)/q-1/t27-,28+,29?,30?,32-,33+,34-,35?,36-,39+,40-,41-,42+/m1/s1. The monoisotopic (exact) mass is 819 g/mol. The number of nitrogens with one attached hydrogen (secondary N) is 2. The van der Waals surface area contributed by atoms with E-state index < -0.39 is 32.8 Å². The fourth-order valence-corrected chi connectivity index (χ4v) is 22.8. The number of allylic oxidation sites excluding steroid dienone is 5. The van der Waals surface area contributed by atoms with E-state index in [1.807, 2.05) is 0 Å². The molecule has 8 rings (SSSR count). The van der Waals surface area contributed by atoms with E-state index in [0.29, 0.717) is 52.9 Å². The molecule has 280 valence electrons. The van der Waals surface area contributed by atoms with Gasteiger partial charge in [0.15, 0.2) is 0 Å². The summed E-state index contributed by atoms with van der Waals surface area (Å²) in [7, 11) is -2.80. The zero-order valence-electron chi connectivity index (χ0n) is 31.6. The van der Waals surface area contributed by atoms with Gasteiger partial charge >= 0.3 is 186 Å². The van der Waals surface area contributed by atoms with Crippen LogP contribution < -0.4 is 30.5 Å². The van der Waals surface area contributed by atoms with Gasteiger partial charge in [-0.1, -0.05) is 39.8 Å². The van der Waals surface area contributed by atoms with Crippen LogP contribution in [0.5, 0.6) is 0 Å². The SMILES string of the molecule is C=C(C)[C@@H]1CC[C@]2(NCCNC[C@H]3CC[I-]S3(=O)=O)CC[C@]3(C)[C@H](CC[C@@H]4[C@@]5(C)CC=C(C6=CC7C(C6)C7C(=O)O)C(C)(C)[C@@H]5CC[C@]43C)[C@@H]12. The number of carboxylic acid groups (broad SMARTS) is 1. The molecule has 5 saturated carbocycles. The Labute approximate surface area is 311 Å². The molecule has 1 heterocycles. The Morgan fingerprint density at radius 1 is 0.980 bits per heavy atom. The molecule has 0 radical (unpaired) electrons. The minimum absolute atomic E-state index is 0.104. The van der Waals surface area contributed by atoms with Crippen LogP contribution in [0.4, 0.5) is 0 Å². The Bertz CT molecular complexity index is 1620. The first-order valence-electron chi connectivity index (χ1n) is 20.1. The molecule has 1 saturated heterocycles. The van der Waals surface area contributed by atoms with Crippen molar-refractivity contribution >= 4 is 13.0 Å². The summed E-state index contributed by atoms with van der Waals surface area (Å²) in [5.41, 5.74) is 5.52. The third-order valence-corrected chi connectivity index (χ3v) is 25.9. The predicted molar refractivity (Wildman–Crippen MR) is 197 cm³/mol. The van der Waals surface area contributed by atoms with Crippen LogP contribution in [-0.2, 0) is 11.8 Å². The molecule has 0 aromatic carbocycles. The van der Waals surface area contributed by atoms with Crippen molar-refractivity contribution in [3.8, 4) is 0 Å². The van der Waals surface area contributed by atoms with E-state index in [0.717, 1.165) is 36.8 Å². The molecule has 7 aliphatic carbocycles. The van der Waals surface area contributed by atoms with Gasteiger partial charge in [-0.05, 0) is 71.3 Å². The number of fused-ring (bicyclic) bond motifs is 8. The molecule has 3 N–H and O–H groups in total. The Hall–Kier alpha value is -0.710. The van der Waals surface area contributed by atoms with Crippen molar-refractivity contribution in [1.29, 1.82) is 0 Å². The van der Waals surface area contributed by atoms with Crippen molar-refractivity contribution in [2.45, 2.75) is 123 Å². The molecule has 1 aliphatic heterocycles. The first kappa shape index (κ1) is 36.3. The van der Waals surface area contributed by atoms with Crippen molar-refractivity contribution in [2.75, 3.05) is 24.1 Å². The second kappa shape index (κ2) is 12.1. The van der Waals surface area contributed by atoms with E-state index in [1.54, 1.807) is 5.57 Å². The normalized spacial score (nSPS) is 49.6. The van der Waals surface area contributed by atoms with Gasteiger partial charge in [-0.15, -0.1) is 0 Å². The van der Waals surface area contributed by atoms with E-state index >= 15 is 0 Å². The summed E-state index contributed by atoms with van der Waals surface area (Å²) in [6.07, 6.45) is 18.2. The molecule has 6 fully saturated rings. The molecule has 6 nitrogen and oxygen atoms in total. The molecule has 0 amide bonds. The third-order valence-electron chi connectivity index (χ3n) is 17.6. The van der Waals surface area contributed by atoms with Gasteiger partial charge < -0.3 is 5.11 Å². The Morgan fingerprint density at radius 2 is 1.76 bits per heavy atom. The van der Waals surface area contributed by atoms with E-state index in [2.05, 4.69) is 70.9 Å². The van der Waals surface area contributed by atoms with E-state index in [4.69, 9.17) is 0 Å². The second-order valence-electron chi connectivity index (χ2n) is 19.7. The van der Waals surface area contributed by atoms with Crippen LogP contribution in [0.3, 0.4) is 0 Å². The third kappa shape index (κ3) is 5.15. The fraction of sp³-hybridized carbons (Fsp3) is 0.833. The molecule has 0 aromatic heterocycles. The average molecular weight is 820 g/mol. The number of carboxylic acids is 1. The summed E-state index contributed by atoms with van der Waals surface area (Å²) in [4.78, 5) is 11.7. The van der Waals surface area contributed by atoms with Crippen LogP contribution in [-0.4, -0.2) is 54.3 Å². The minimum atomic E-state index is -2.80. The first-order valence-corrected chi connectivity index (χ1v) is 25.7. The number of hydrogen-bond donors (Lipinski definition) is 3. The van der Waals surface area contributed by atoms with E-state index in [1.165, 1.54) is 62.5 Å². The zero-order valence-corrected chi connectivity index (χ0v) is 34.6. The molecule has 0 bridgehead atoms. The Balaban J connectivity index is 1.01. The van der Waals surface area contributed by atoms with Gasteiger partial charge in [0.25, 0.3) is 0 Å². The van der Waals surface area contributed by atoms with Gasteiger partial charge in [0.1, 0.15) is 0 Å². The maximum atomic E-state index is 12.4. The Morgan fingerprint density at radius 3 is 2.42 bits per heavy atom. The molecular weight excluding hydrogens is 755 g/mol. The number of aliphatic carboxylic acids is 1. The molecule has 3 unspecified atom stereocenters. The molecule has 0 spiro atoms. The summed E-state index contributed by atoms with van der Waals surface area (Å²) in [5.74, 6) is 3.08. The van der Waals surface area contributed by atoms with Crippen molar-refractivity contribution in [1.82, 2.24) is 10.6 Å². The van der Waals surface area contributed by atoms with Crippen LogP contribution in [0.15, 0.2) is 35.5 Å². The average Bonchev–Trinajstić information content (AvgIpc) is 3.31. The first-order chi connectivity index (χ1) is 23.5. The number of rotatable bonds is 9. The van der Waals surface area contributed by atoms with Crippen LogP contribution in [0.2, 0.25) is 0 Å². The van der Waals surface area contributed by atoms with Crippen molar-refractivity contribution < 1.29 is 38.1 Å². The quantitative estimate of drug-likeness (QED) is 0.104. The number of halogens is 1. The van der Waals surface area contributed by atoms with Crippen molar-refractivity contribution in [2.24, 2.45) is 69.0 Å². The predicted octanol–water partition coefficient (Wildman–Crippen LogP) is 4.58. The molecule has 8 heteroatoms. The van der Waals surface area contributed by atoms with Gasteiger partial charge in [0.2, 0.25) is 0 Å². The second-order valence-corrected chi connectivity index (χ2v) is 28.2. The summed E-state index contributed by atoms with van der Waals surface area (Å²) >= 11 is -0.659. The molecular formula is C42H64IN2O4S-. The number of carbonyl (C=O) groups is 1. The zero-order chi connectivity index (χ0) is 35.6. The summed E-state index contributed by atoms with van der Waals surface area (Å²) in [6.45, 7) is 22.4. The van der Waals surface area contributed by atoms with E-state index in [9.17, 15) is 18.3 Å². The fourth-order valence-electron chi connectivity index (χ4n) is 15.0. The summed E-state index contributed by atoms with van der Waals surface area (Å²) < 4.78 is 25.7. The molecule has 8 aliphatic rings. The van der Waals surface area contributed by atoms with Crippen LogP contribution >= 0.6 is 0 Å². The van der Waals surface area contributed by atoms with Gasteiger partial charge in [0.05, 0.1) is 5.92 Å². The Kier molecular flexibility index (Phi) is 8.81. The van der Waals surface area contributed by atoms with Crippen molar-refractivity contribution in [3.05, 3.63) is 35.5 Å². The molecule has 50 heavy (non-hydrogen) atoms. The topological polar surface area (TPSA) is 95.5 Å². The van der Waals surface area contributed by atoms with Gasteiger partial charge in [0, 0.05) is 0 Å². The van der Waals surface area contributed by atoms with Crippen LogP contribution in [0.1, 0.15) is 112 Å². The number of alkyl halides is 1. The van der Waals surface area contributed by atoms with Gasteiger partial charge in [-0.2, -0.15) is 0 Å². The van der Waals surface area contributed by atoms with Crippen molar-refractivity contribution in [3.63, 3.8) is 0 Å². The number of hydrogen-bond acceptors (Lipinski definition) is 5. The van der Waals surface area contributed by atoms with Crippen LogP contribution in [0.25, 0.3) is 0 Å². The molecule has 0 aromatic rings. The molecule has 13 atom stereocenters. The van der Waals surface area contributed by atoms with Crippen LogP contribution in [0, 0.1) is 69.0 Å². The summed E-state index contributed by atoms with van der Waals surface area (Å²) in [5, 5.41) is 17.2. The van der Waals surface area contributed by atoms with E-state index in [-0.39, 0.29) is 33.5 Å².